The first-order valence-electron chi connectivity index (χ1n) is 11.4. The zero-order valence-corrected chi connectivity index (χ0v) is 18.9. The fourth-order valence-corrected chi connectivity index (χ4v) is 4.62. The molecule has 0 aliphatic carbocycles. The lowest BCUT2D eigenvalue weighted by Crippen LogP contribution is -2.51. The summed E-state index contributed by atoms with van der Waals surface area (Å²) in [5.41, 5.74) is 6.35. The molecule has 2 heterocycles. The Morgan fingerprint density at radius 3 is 2.25 bits per heavy atom. The minimum Gasteiger partial charge on any atom is -0.445 e. The van der Waals surface area contributed by atoms with Gasteiger partial charge < -0.3 is 15.4 Å². The number of benzene rings is 1. The molecule has 3 amide bonds. The van der Waals surface area contributed by atoms with Crippen LogP contribution in [0.15, 0.2) is 30.3 Å². The van der Waals surface area contributed by atoms with Gasteiger partial charge in [-0.05, 0) is 37.2 Å². The number of Topliss-reactive ketones (excluding diaryl/α,β-unsaturated/α-hetero) is 1. The largest absolute Gasteiger partial charge is 0.445 e. The maximum Gasteiger partial charge on any atom is 0.410 e. The molecule has 0 spiro atoms. The average molecular weight is 444 g/mol. The molecule has 2 aliphatic rings. The molecule has 2 aliphatic heterocycles. The third kappa shape index (κ3) is 5.47. The number of nitrogens with zero attached hydrogens (tertiary/aromatic N) is 2. The second kappa shape index (κ2) is 10.6. The molecule has 0 radical (unpaired) electrons. The van der Waals surface area contributed by atoms with Gasteiger partial charge in [0.2, 0.25) is 11.8 Å². The van der Waals surface area contributed by atoms with Crippen LogP contribution in [0.1, 0.15) is 51.5 Å². The minimum atomic E-state index is -0.622. The zero-order valence-electron chi connectivity index (χ0n) is 18.9. The summed E-state index contributed by atoms with van der Waals surface area (Å²) in [4.78, 5) is 53.8. The van der Waals surface area contributed by atoms with Crippen LogP contribution >= 0.6 is 0 Å². The van der Waals surface area contributed by atoms with Crippen molar-refractivity contribution in [3.05, 3.63) is 35.9 Å². The van der Waals surface area contributed by atoms with Crippen molar-refractivity contribution in [2.45, 2.75) is 64.6 Å². The Morgan fingerprint density at radius 1 is 1.00 bits per heavy atom. The van der Waals surface area contributed by atoms with E-state index in [0.29, 0.717) is 32.4 Å². The smallest absolute Gasteiger partial charge is 0.410 e. The summed E-state index contributed by atoms with van der Waals surface area (Å²) in [7, 11) is 0. The summed E-state index contributed by atoms with van der Waals surface area (Å²) in [5, 5.41) is 0. The van der Waals surface area contributed by atoms with Crippen LogP contribution in [0.4, 0.5) is 4.79 Å². The summed E-state index contributed by atoms with van der Waals surface area (Å²) in [6.45, 7) is 4.79. The zero-order chi connectivity index (χ0) is 23.3. The van der Waals surface area contributed by atoms with Gasteiger partial charge in [-0.1, -0.05) is 44.2 Å². The SMILES string of the molecule is CC(C)[C@H](CC(=O)[C@@H]1CCCN1C(=O)[C@@H]1CCCN1C(=O)OCc1ccccc1)C(N)=O. The van der Waals surface area contributed by atoms with Crippen LogP contribution in [-0.4, -0.2) is 58.7 Å². The van der Waals surface area contributed by atoms with E-state index in [4.69, 9.17) is 10.5 Å². The highest BCUT2D eigenvalue weighted by Crippen LogP contribution is 2.28. The lowest BCUT2D eigenvalue weighted by Gasteiger charge is -2.31. The van der Waals surface area contributed by atoms with E-state index in [2.05, 4.69) is 0 Å². The van der Waals surface area contributed by atoms with Gasteiger partial charge in [0.15, 0.2) is 5.78 Å². The van der Waals surface area contributed by atoms with Gasteiger partial charge in [-0.2, -0.15) is 0 Å². The number of rotatable bonds is 8. The van der Waals surface area contributed by atoms with Gasteiger partial charge in [0.1, 0.15) is 12.6 Å². The van der Waals surface area contributed by atoms with Gasteiger partial charge in [-0.25, -0.2) is 4.79 Å². The van der Waals surface area contributed by atoms with E-state index >= 15 is 0 Å². The third-order valence-electron chi connectivity index (χ3n) is 6.48. The Morgan fingerprint density at radius 2 is 1.62 bits per heavy atom. The molecule has 8 heteroatoms. The molecule has 0 saturated carbocycles. The summed E-state index contributed by atoms with van der Waals surface area (Å²) < 4.78 is 5.43. The van der Waals surface area contributed by atoms with Crippen LogP contribution in [0.2, 0.25) is 0 Å². The van der Waals surface area contributed by atoms with Crippen molar-refractivity contribution >= 4 is 23.7 Å². The van der Waals surface area contributed by atoms with Crippen molar-refractivity contribution in [3.63, 3.8) is 0 Å². The molecule has 2 fully saturated rings. The molecule has 2 saturated heterocycles. The molecule has 32 heavy (non-hydrogen) atoms. The van der Waals surface area contributed by atoms with Crippen molar-refractivity contribution in [2.75, 3.05) is 13.1 Å². The van der Waals surface area contributed by atoms with Crippen LogP contribution in [0.5, 0.6) is 0 Å². The first-order chi connectivity index (χ1) is 15.3. The molecular formula is C24H33N3O5. The molecular weight excluding hydrogens is 410 g/mol. The third-order valence-corrected chi connectivity index (χ3v) is 6.48. The number of ether oxygens (including phenoxy) is 1. The van der Waals surface area contributed by atoms with Crippen molar-refractivity contribution in [1.29, 1.82) is 0 Å². The molecule has 3 rings (SSSR count). The summed E-state index contributed by atoms with van der Waals surface area (Å²) >= 11 is 0. The number of nitrogens with two attached hydrogens (primary N) is 1. The average Bonchev–Trinajstić information content (AvgIpc) is 3.45. The Kier molecular flexibility index (Phi) is 7.88. The maximum atomic E-state index is 13.3. The molecule has 1 aromatic rings. The molecule has 3 atom stereocenters. The number of likely N-dealkylation sites (tertiary alicyclic amines) is 2. The van der Waals surface area contributed by atoms with E-state index in [1.54, 1.807) is 4.90 Å². The summed E-state index contributed by atoms with van der Waals surface area (Å²) in [5.74, 6) is -1.44. The van der Waals surface area contributed by atoms with Gasteiger partial charge in [0.25, 0.3) is 0 Å². The van der Waals surface area contributed by atoms with Gasteiger partial charge >= 0.3 is 6.09 Å². The van der Waals surface area contributed by atoms with Crippen molar-refractivity contribution in [2.24, 2.45) is 17.6 Å². The number of carbonyl (C=O) groups excluding carboxylic acids is 4. The van der Waals surface area contributed by atoms with Gasteiger partial charge in [0.05, 0.1) is 6.04 Å². The van der Waals surface area contributed by atoms with Crippen molar-refractivity contribution in [1.82, 2.24) is 9.80 Å². The minimum absolute atomic E-state index is 0.0367. The Hall–Kier alpha value is -2.90. The highest BCUT2D eigenvalue weighted by atomic mass is 16.6. The highest BCUT2D eigenvalue weighted by molar-refractivity contribution is 5.94. The summed E-state index contributed by atoms with van der Waals surface area (Å²) in [6, 6.07) is 8.19. The van der Waals surface area contributed by atoms with E-state index in [1.165, 1.54) is 4.90 Å². The first-order valence-corrected chi connectivity index (χ1v) is 11.4. The highest BCUT2D eigenvalue weighted by Gasteiger charge is 2.43. The Bertz CT molecular complexity index is 841. The monoisotopic (exact) mass is 443 g/mol. The van der Waals surface area contributed by atoms with E-state index in [-0.39, 0.29) is 30.6 Å². The van der Waals surface area contributed by atoms with E-state index in [1.807, 2.05) is 44.2 Å². The Labute approximate surface area is 189 Å². The fraction of sp³-hybridized carbons (Fsp3) is 0.583. The van der Waals surface area contributed by atoms with Crippen LogP contribution in [-0.2, 0) is 25.7 Å². The van der Waals surface area contributed by atoms with Crippen LogP contribution < -0.4 is 5.73 Å². The second-order valence-corrected chi connectivity index (χ2v) is 9.00. The number of amides is 3. The lowest BCUT2D eigenvalue weighted by molar-refractivity contribution is -0.141. The molecule has 1 aromatic carbocycles. The number of ketones is 1. The molecule has 2 N–H and O–H groups in total. The van der Waals surface area contributed by atoms with E-state index < -0.39 is 30.0 Å². The first kappa shape index (κ1) is 23.8. The van der Waals surface area contributed by atoms with Crippen molar-refractivity contribution in [3.8, 4) is 0 Å². The van der Waals surface area contributed by atoms with Crippen LogP contribution in [0.25, 0.3) is 0 Å². The maximum absolute atomic E-state index is 13.3. The number of carbonyl (C=O) groups is 4. The van der Waals surface area contributed by atoms with Gasteiger partial charge in [-0.15, -0.1) is 0 Å². The fourth-order valence-electron chi connectivity index (χ4n) is 4.62. The van der Waals surface area contributed by atoms with Crippen LogP contribution in [0.3, 0.4) is 0 Å². The summed E-state index contributed by atoms with van der Waals surface area (Å²) in [6.07, 6.45) is 2.07. The van der Waals surface area contributed by atoms with Crippen molar-refractivity contribution < 1.29 is 23.9 Å². The molecule has 8 nitrogen and oxygen atoms in total. The molecule has 0 aromatic heterocycles. The van der Waals surface area contributed by atoms with Gasteiger partial charge in [0, 0.05) is 25.4 Å². The normalized spacial score (nSPS) is 21.6. The van der Waals surface area contributed by atoms with E-state index in [0.717, 1.165) is 12.0 Å². The number of primary amides is 1. The standard InChI is InChI=1S/C24H33N3O5/c1-16(2)18(22(25)29)14-21(28)19-10-6-12-26(19)23(30)20-11-7-13-27(20)24(31)32-15-17-8-4-3-5-9-17/h3-5,8-9,16,18-20H,6-7,10-15H2,1-2H3,(H2,25,29)/t18-,19-,20-/m0/s1. The predicted octanol–water partition coefficient (Wildman–Crippen LogP) is 2.50. The topological polar surface area (TPSA) is 110 Å². The van der Waals surface area contributed by atoms with E-state index in [9.17, 15) is 19.2 Å². The second-order valence-electron chi connectivity index (χ2n) is 9.00. The molecule has 0 bridgehead atoms. The lowest BCUT2D eigenvalue weighted by atomic mass is 9.88. The quantitative estimate of drug-likeness (QED) is 0.664. The predicted molar refractivity (Wildman–Crippen MR) is 118 cm³/mol. The van der Waals surface area contributed by atoms with Gasteiger partial charge in [-0.3, -0.25) is 19.3 Å². The number of hydrogen-bond acceptors (Lipinski definition) is 5. The molecule has 174 valence electrons. The Balaban J connectivity index is 1.63. The number of hydrogen-bond donors (Lipinski definition) is 1. The van der Waals surface area contributed by atoms with Crippen LogP contribution in [0, 0.1) is 11.8 Å². The molecule has 0 unspecified atom stereocenters.